The van der Waals surface area contributed by atoms with E-state index in [2.05, 4.69) is 17.4 Å². The lowest BCUT2D eigenvalue weighted by Crippen LogP contribution is -2.18. The topological polar surface area (TPSA) is 102 Å². The first-order valence-electron chi connectivity index (χ1n) is 9.08. The van der Waals surface area contributed by atoms with E-state index in [1.165, 1.54) is 18.2 Å². The maximum absolute atomic E-state index is 12.3. The van der Waals surface area contributed by atoms with Gasteiger partial charge in [0.25, 0.3) is 5.69 Å². The Bertz CT molecular complexity index is 1050. The number of anilines is 1. The van der Waals surface area contributed by atoms with Crippen molar-refractivity contribution in [2.45, 2.75) is 12.5 Å². The number of nitro groups is 1. The number of aliphatic hydroxyl groups excluding tert-OH is 1. The highest BCUT2D eigenvalue weighted by atomic mass is 16.6. The first kappa shape index (κ1) is 18.6. The molecule has 0 unspecified atom stereocenters. The Balaban J connectivity index is 1.48. The maximum atomic E-state index is 12.3. The van der Waals surface area contributed by atoms with Gasteiger partial charge >= 0.3 is 6.09 Å². The lowest BCUT2D eigenvalue weighted by atomic mass is 9.98. The highest BCUT2D eigenvalue weighted by molar-refractivity contribution is 5.85. The van der Waals surface area contributed by atoms with E-state index in [0.29, 0.717) is 0 Å². The standard InChI is InChI=1S/C22H18N2O5/c25-12-14-9-10-15(11-21(14)24(27)28)23-22(26)29-13-20-18-7-3-1-5-16(18)17-6-2-4-8-19(17)20/h1-11,20,25H,12-13H2,(H,23,26). The van der Waals surface area contributed by atoms with Gasteiger partial charge in [-0.05, 0) is 34.4 Å². The molecule has 3 aromatic carbocycles. The Kier molecular flexibility index (Phi) is 4.97. The molecule has 1 aliphatic rings. The number of nitro benzene ring substituents is 1. The summed E-state index contributed by atoms with van der Waals surface area (Å²) < 4.78 is 5.43. The van der Waals surface area contributed by atoms with Gasteiger partial charge in [-0.25, -0.2) is 4.79 Å². The van der Waals surface area contributed by atoms with E-state index < -0.39 is 17.6 Å². The molecule has 0 bridgehead atoms. The number of aliphatic hydroxyl groups is 1. The van der Waals surface area contributed by atoms with Crippen LogP contribution in [0.5, 0.6) is 0 Å². The minimum atomic E-state index is -0.696. The Morgan fingerprint density at radius 1 is 1.03 bits per heavy atom. The number of rotatable bonds is 5. The Morgan fingerprint density at radius 3 is 2.24 bits per heavy atom. The molecule has 3 aromatic rings. The summed E-state index contributed by atoms with van der Waals surface area (Å²) in [6.07, 6.45) is -0.696. The van der Waals surface area contributed by atoms with Crippen LogP contribution in [0.2, 0.25) is 0 Å². The third-order valence-electron chi connectivity index (χ3n) is 5.04. The number of ether oxygens (including phenoxy) is 1. The summed E-state index contributed by atoms with van der Waals surface area (Å²) in [7, 11) is 0. The van der Waals surface area contributed by atoms with E-state index in [4.69, 9.17) is 4.74 Å². The Hall–Kier alpha value is -3.71. The minimum absolute atomic E-state index is 0.0701. The first-order valence-corrected chi connectivity index (χ1v) is 9.08. The number of carbonyl (C=O) groups is 1. The summed E-state index contributed by atoms with van der Waals surface area (Å²) in [6, 6.07) is 20.1. The Morgan fingerprint density at radius 2 is 1.66 bits per heavy atom. The van der Waals surface area contributed by atoms with Gasteiger partial charge in [-0.1, -0.05) is 48.5 Å². The van der Waals surface area contributed by atoms with Gasteiger partial charge in [0.2, 0.25) is 0 Å². The zero-order chi connectivity index (χ0) is 20.4. The van der Waals surface area contributed by atoms with Crippen molar-refractivity contribution in [2.24, 2.45) is 0 Å². The van der Waals surface area contributed by atoms with Crippen molar-refractivity contribution in [2.75, 3.05) is 11.9 Å². The van der Waals surface area contributed by atoms with Crippen LogP contribution < -0.4 is 5.32 Å². The number of benzene rings is 3. The molecule has 0 aromatic heterocycles. The number of amides is 1. The van der Waals surface area contributed by atoms with Crippen molar-refractivity contribution in [1.82, 2.24) is 0 Å². The first-order chi connectivity index (χ1) is 14.1. The summed E-state index contributed by atoms with van der Waals surface area (Å²) in [5, 5.41) is 22.8. The second-order valence-electron chi connectivity index (χ2n) is 6.71. The second kappa shape index (κ2) is 7.73. The number of fused-ring (bicyclic) bond motifs is 3. The van der Waals surface area contributed by atoms with Crippen LogP contribution in [0.3, 0.4) is 0 Å². The normalized spacial score (nSPS) is 12.2. The molecule has 0 radical (unpaired) electrons. The molecule has 1 amide bonds. The van der Waals surface area contributed by atoms with Crippen molar-refractivity contribution in [3.05, 3.63) is 93.5 Å². The average Bonchev–Trinajstić information content (AvgIpc) is 3.06. The maximum Gasteiger partial charge on any atom is 0.411 e. The van der Waals surface area contributed by atoms with Gasteiger partial charge in [-0.2, -0.15) is 0 Å². The van der Waals surface area contributed by atoms with Crippen molar-refractivity contribution in [1.29, 1.82) is 0 Å². The number of carbonyl (C=O) groups excluding carboxylic acids is 1. The quantitative estimate of drug-likeness (QED) is 0.495. The SMILES string of the molecule is O=C(Nc1ccc(CO)c([N+](=O)[O-])c1)OCC1c2ccccc2-c2ccccc21. The summed E-state index contributed by atoms with van der Waals surface area (Å²) >= 11 is 0. The zero-order valence-electron chi connectivity index (χ0n) is 15.4. The summed E-state index contributed by atoms with van der Waals surface area (Å²) in [5.41, 5.74) is 4.61. The number of hydrogen-bond acceptors (Lipinski definition) is 5. The van der Waals surface area contributed by atoms with Crippen LogP contribution in [-0.4, -0.2) is 22.7 Å². The van der Waals surface area contributed by atoms with Crippen molar-refractivity contribution >= 4 is 17.5 Å². The van der Waals surface area contributed by atoms with Gasteiger partial charge in [0.05, 0.1) is 22.8 Å². The van der Waals surface area contributed by atoms with E-state index in [1.54, 1.807) is 0 Å². The molecule has 0 spiro atoms. The zero-order valence-corrected chi connectivity index (χ0v) is 15.4. The van der Waals surface area contributed by atoms with Crippen molar-refractivity contribution in [3.8, 4) is 11.1 Å². The van der Waals surface area contributed by atoms with Gasteiger partial charge in [0.15, 0.2) is 0 Å². The van der Waals surface area contributed by atoms with Crippen molar-refractivity contribution in [3.63, 3.8) is 0 Å². The van der Waals surface area contributed by atoms with Crippen LogP contribution in [0, 0.1) is 10.1 Å². The molecule has 0 fully saturated rings. The molecule has 7 nitrogen and oxygen atoms in total. The molecule has 146 valence electrons. The van der Waals surface area contributed by atoms with Crippen LogP contribution in [0.25, 0.3) is 11.1 Å². The summed E-state index contributed by atoms with van der Waals surface area (Å²) in [5.74, 6) is -0.0701. The molecule has 0 aliphatic heterocycles. The second-order valence-corrected chi connectivity index (χ2v) is 6.71. The number of nitrogens with zero attached hydrogens (tertiary/aromatic N) is 1. The largest absolute Gasteiger partial charge is 0.448 e. The van der Waals surface area contributed by atoms with Crippen LogP contribution in [0.4, 0.5) is 16.2 Å². The Labute approximate surface area is 166 Å². The number of nitrogens with one attached hydrogen (secondary N) is 1. The third kappa shape index (κ3) is 3.55. The molecule has 1 aliphatic carbocycles. The van der Waals surface area contributed by atoms with Crippen LogP contribution >= 0.6 is 0 Å². The van der Waals surface area contributed by atoms with E-state index in [-0.39, 0.29) is 29.5 Å². The molecule has 7 heteroatoms. The lowest BCUT2D eigenvalue weighted by molar-refractivity contribution is -0.385. The van der Waals surface area contributed by atoms with E-state index in [0.717, 1.165) is 22.3 Å². The monoisotopic (exact) mass is 390 g/mol. The summed E-state index contributed by atoms with van der Waals surface area (Å²) in [6.45, 7) is -0.307. The lowest BCUT2D eigenvalue weighted by Gasteiger charge is -2.14. The molecule has 2 N–H and O–H groups in total. The van der Waals surface area contributed by atoms with E-state index in [9.17, 15) is 20.0 Å². The molecular weight excluding hydrogens is 372 g/mol. The van der Waals surface area contributed by atoms with Crippen LogP contribution in [0.15, 0.2) is 66.7 Å². The van der Waals surface area contributed by atoms with Gasteiger partial charge in [-0.3, -0.25) is 15.4 Å². The molecular formula is C22H18N2O5. The minimum Gasteiger partial charge on any atom is -0.448 e. The van der Waals surface area contributed by atoms with Gasteiger partial charge in [0.1, 0.15) is 6.61 Å². The fourth-order valence-corrected chi connectivity index (χ4v) is 3.70. The fraction of sp³-hybridized carbons (Fsp3) is 0.136. The van der Waals surface area contributed by atoms with E-state index >= 15 is 0 Å². The van der Waals surface area contributed by atoms with Crippen LogP contribution in [-0.2, 0) is 11.3 Å². The molecule has 0 atom stereocenters. The highest BCUT2D eigenvalue weighted by Crippen LogP contribution is 2.44. The van der Waals surface area contributed by atoms with E-state index in [1.807, 2.05) is 36.4 Å². The molecule has 4 rings (SSSR count). The predicted molar refractivity (Wildman–Crippen MR) is 108 cm³/mol. The van der Waals surface area contributed by atoms with Crippen LogP contribution in [0.1, 0.15) is 22.6 Å². The smallest absolute Gasteiger partial charge is 0.411 e. The molecule has 0 saturated carbocycles. The third-order valence-corrected chi connectivity index (χ3v) is 5.04. The average molecular weight is 390 g/mol. The number of hydrogen-bond donors (Lipinski definition) is 2. The molecule has 0 heterocycles. The van der Waals surface area contributed by atoms with Gasteiger partial charge < -0.3 is 9.84 Å². The molecule has 0 saturated heterocycles. The molecule has 29 heavy (non-hydrogen) atoms. The van der Waals surface area contributed by atoms with Crippen molar-refractivity contribution < 1.29 is 19.6 Å². The van der Waals surface area contributed by atoms with Gasteiger partial charge in [0, 0.05) is 12.0 Å². The highest BCUT2D eigenvalue weighted by Gasteiger charge is 2.29. The summed E-state index contributed by atoms with van der Waals surface area (Å²) in [4.78, 5) is 22.8. The van der Waals surface area contributed by atoms with Gasteiger partial charge in [-0.15, -0.1) is 0 Å². The predicted octanol–water partition coefficient (Wildman–Crippen LogP) is 4.45. The fourth-order valence-electron chi connectivity index (χ4n) is 3.70.